The average molecular weight is 113 g/mol. The Morgan fingerprint density at radius 2 is 1.75 bits per heavy atom. The molecule has 44 valence electrons. The molecule has 1 aliphatic heterocycles. The van der Waals surface area contributed by atoms with Crippen molar-refractivity contribution >= 4 is 12.7 Å². The zero-order chi connectivity index (χ0) is 6.04. The van der Waals surface area contributed by atoms with E-state index in [1.54, 1.807) is 0 Å². The standard InChI is InChI=1S/C3H7N5/c4-3(5)7-1-6-2-8-3/h1-2H,4-5H2,(H,6,7,8). The van der Waals surface area contributed by atoms with Gasteiger partial charge in [0, 0.05) is 0 Å². The normalized spacial score (nSPS) is 22.8. The van der Waals surface area contributed by atoms with Crippen LogP contribution in [0.3, 0.4) is 0 Å². The molecule has 0 amide bonds. The predicted octanol–water partition coefficient (Wildman–Crippen LogP) is -1.83. The molecule has 1 rings (SSSR count). The fourth-order valence-electron chi connectivity index (χ4n) is 0.348. The van der Waals surface area contributed by atoms with Crippen molar-refractivity contribution in [1.82, 2.24) is 5.32 Å². The van der Waals surface area contributed by atoms with Crippen molar-refractivity contribution in [3.05, 3.63) is 0 Å². The third-order valence-electron chi connectivity index (χ3n) is 0.692. The number of nitrogens with two attached hydrogens (primary N) is 2. The van der Waals surface area contributed by atoms with Gasteiger partial charge < -0.3 is 5.32 Å². The van der Waals surface area contributed by atoms with E-state index >= 15 is 0 Å². The Morgan fingerprint density at radius 1 is 1.25 bits per heavy atom. The molecule has 0 bridgehead atoms. The van der Waals surface area contributed by atoms with Crippen molar-refractivity contribution in [2.45, 2.75) is 5.91 Å². The van der Waals surface area contributed by atoms with E-state index in [1.807, 2.05) is 0 Å². The Labute approximate surface area is 46.5 Å². The van der Waals surface area contributed by atoms with Gasteiger partial charge in [-0.3, -0.25) is 11.5 Å². The number of nitrogens with zero attached hydrogens (tertiary/aromatic N) is 2. The summed E-state index contributed by atoms with van der Waals surface area (Å²) < 4.78 is 0. The second-order valence-corrected chi connectivity index (χ2v) is 1.47. The Kier molecular flexibility index (Phi) is 0.997. The highest BCUT2D eigenvalue weighted by Gasteiger charge is 2.13. The maximum atomic E-state index is 5.22. The highest BCUT2D eigenvalue weighted by atomic mass is 15.4. The fourth-order valence-corrected chi connectivity index (χ4v) is 0.348. The Hall–Kier alpha value is -0.940. The van der Waals surface area contributed by atoms with Gasteiger partial charge in [-0.05, 0) is 0 Å². The first kappa shape index (κ1) is 5.20. The minimum atomic E-state index is -1.24. The van der Waals surface area contributed by atoms with Gasteiger partial charge in [-0.2, -0.15) is 0 Å². The first-order valence-corrected chi connectivity index (χ1v) is 2.12. The van der Waals surface area contributed by atoms with Gasteiger partial charge in [-0.15, -0.1) is 0 Å². The molecule has 0 aromatic heterocycles. The fraction of sp³-hybridized carbons (Fsp3) is 0.333. The van der Waals surface area contributed by atoms with Crippen LogP contribution < -0.4 is 16.8 Å². The number of hydrogen-bond acceptors (Lipinski definition) is 5. The van der Waals surface area contributed by atoms with E-state index in [4.69, 9.17) is 11.5 Å². The van der Waals surface area contributed by atoms with Gasteiger partial charge in [0.25, 0.3) is 5.91 Å². The summed E-state index contributed by atoms with van der Waals surface area (Å²) in [5.41, 5.74) is 10.4. The van der Waals surface area contributed by atoms with Crippen LogP contribution in [0.1, 0.15) is 0 Å². The third-order valence-corrected chi connectivity index (χ3v) is 0.692. The summed E-state index contributed by atoms with van der Waals surface area (Å²) in [5.74, 6) is -1.24. The lowest BCUT2D eigenvalue weighted by atomic mass is 10.7. The number of nitrogens with one attached hydrogen (secondary N) is 1. The Morgan fingerprint density at radius 3 is 2.00 bits per heavy atom. The second-order valence-electron chi connectivity index (χ2n) is 1.47. The zero-order valence-corrected chi connectivity index (χ0v) is 4.20. The summed E-state index contributed by atoms with van der Waals surface area (Å²) in [6.45, 7) is 0. The molecule has 0 atom stereocenters. The van der Waals surface area contributed by atoms with Crippen LogP contribution in [0.25, 0.3) is 0 Å². The van der Waals surface area contributed by atoms with E-state index in [9.17, 15) is 0 Å². The zero-order valence-electron chi connectivity index (χ0n) is 4.20. The van der Waals surface area contributed by atoms with E-state index in [0.29, 0.717) is 0 Å². The quantitative estimate of drug-likeness (QED) is 0.323. The van der Waals surface area contributed by atoms with Crippen LogP contribution in [0, 0.1) is 0 Å². The molecule has 0 fully saturated rings. The maximum absolute atomic E-state index is 5.22. The van der Waals surface area contributed by atoms with Crippen LogP contribution in [0.2, 0.25) is 0 Å². The molecule has 0 aromatic carbocycles. The van der Waals surface area contributed by atoms with Gasteiger partial charge in [0.2, 0.25) is 0 Å². The monoisotopic (exact) mass is 113 g/mol. The molecular weight excluding hydrogens is 106 g/mol. The van der Waals surface area contributed by atoms with Crippen LogP contribution >= 0.6 is 0 Å². The van der Waals surface area contributed by atoms with Crippen molar-refractivity contribution in [2.24, 2.45) is 21.5 Å². The molecular formula is C3H7N5. The minimum absolute atomic E-state index is 1.24. The number of aliphatic imine (C=N–C) groups is 2. The lowest BCUT2D eigenvalue weighted by molar-refractivity contribution is 0.489. The van der Waals surface area contributed by atoms with Crippen molar-refractivity contribution in [3.8, 4) is 0 Å². The van der Waals surface area contributed by atoms with Gasteiger partial charge in [0.05, 0.1) is 12.7 Å². The van der Waals surface area contributed by atoms with Crippen LogP contribution in [0.5, 0.6) is 0 Å². The lowest BCUT2D eigenvalue weighted by Crippen LogP contribution is -2.48. The van der Waals surface area contributed by atoms with E-state index in [-0.39, 0.29) is 0 Å². The molecule has 5 nitrogen and oxygen atoms in total. The SMILES string of the molecule is NC1(N)N=CNC=N1. The molecule has 1 heterocycles. The smallest absolute Gasteiger partial charge is 0.262 e. The van der Waals surface area contributed by atoms with E-state index in [0.717, 1.165) is 0 Å². The molecule has 0 radical (unpaired) electrons. The summed E-state index contributed by atoms with van der Waals surface area (Å²) >= 11 is 0. The van der Waals surface area contributed by atoms with E-state index < -0.39 is 5.91 Å². The second kappa shape index (κ2) is 1.53. The lowest BCUT2D eigenvalue weighted by Gasteiger charge is -2.15. The number of hydrogen-bond donors (Lipinski definition) is 3. The van der Waals surface area contributed by atoms with Crippen LogP contribution in [0.4, 0.5) is 0 Å². The third kappa shape index (κ3) is 1.02. The van der Waals surface area contributed by atoms with Crippen LogP contribution in [-0.4, -0.2) is 18.6 Å². The first-order chi connectivity index (χ1) is 3.71. The van der Waals surface area contributed by atoms with Gasteiger partial charge >= 0.3 is 0 Å². The number of rotatable bonds is 0. The van der Waals surface area contributed by atoms with Crippen molar-refractivity contribution in [3.63, 3.8) is 0 Å². The molecule has 5 N–H and O–H groups in total. The van der Waals surface area contributed by atoms with E-state index in [2.05, 4.69) is 15.3 Å². The van der Waals surface area contributed by atoms with Gasteiger partial charge in [0.15, 0.2) is 0 Å². The molecule has 1 aliphatic rings. The molecule has 0 aliphatic carbocycles. The van der Waals surface area contributed by atoms with E-state index in [1.165, 1.54) is 12.7 Å². The van der Waals surface area contributed by atoms with Crippen molar-refractivity contribution < 1.29 is 0 Å². The first-order valence-electron chi connectivity index (χ1n) is 2.12. The summed E-state index contributed by atoms with van der Waals surface area (Å²) in [5, 5.41) is 2.60. The minimum Gasteiger partial charge on any atom is -0.338 e. The molecule has 8 heavy (non-hydrogen) atoms. The summed E-state index contributed by atoms with van der Waals surface area (Å²) in [6, 6.07) is 0. The topological polar surface area (TPSA) is 88.8 Å². The van der Waals surface area contributed by atoms with Crippen molar-refractivity contribution in [1.29, 1.82) is 0 Å². The largest absolute Gasteiger partial charge is 0.338 e. The Balaban J connectivity index is 2.69. The van der Waals surface area contributed by atoms with Gasteiger partial charge in [-0.25, -0.2) is 9.98 Å². The average Bonchev–Trinajstić information content (AvgIpc) is 1.65. The maximum Gasteiger partial charge on any atom is 0.262 e. The molecule has 0 aromatic rings. The summed E-state index contributed by atoms with van der Waals surface area (Å²) in [6.07, 6.45) is 2.79. The summed E-state index contributed by atoms with van der Waals surface area (Å²) in [4.78, 5) is 7.17. The highest BCUT2D eigenvalue weighted by Crippen LogP contribution is 1.92. The molecule has 0 spiro atoms. The summed E-state index contributed by atoms with van der Waals surface area (Å²) in [7, 11) is 0. The Bertz CT molecular complexity index is 121. The molecule has 0 saturated carbocycles. The molecule has 0 unspecified atom stereocenters. The van der Waals surface area contributed by atoms with Gasteiger partial charge in [-0.1, -0.05) is 0 Å². The molecule has 0 saturated heterocycles. The highest BCUT2D eigenvalue weighted by molar-refractivity contribution is 5.76. The van der Waals surface area contributed by atoms with Crippen molar-refractivity contribution in [2.75, 3.05) is 0 Å². The predicted molar refractivity (Wildman–Crippen MR) is 31.2 cm³/mol. The van der Waals surface area contributed by atoms with Gasteiger partial charge in [0.1, 0.15) is 0 Å². The van der Waals surface area contributed by atoms with Crippen LogP contribution in [-0.2, 0) is 0 Å². The molecule has 5 heteroatoms. The van der Waals surface area contributed by atoms with Crippen LogP contribution in [0.15, 0.2) is 9.98 Å².